The van der Waals surface area contributed by atoms with Crippen molar-refractivity contribution < 1.29 is 9.32 Å². The lowest BCUT2D eigenvalue weighted by Gasteiger charge is -2.11. The van der Waals surface area contributed by atoms with Gasteiger partial charge in [0.25, 0.3) is 0 Å². The summed E-state index contributed by atoms with van der Waals surface area (Å²) in [6.07, 6.45) is 1.79. The quantitative estimate of drug-likeness (QED) is 0.799. The van der Waals surface area contributed by atoms with E-state index in [1.54, 1.807) is 12.4 Å². The molecule has 1 aromatic carbocycles. The number of carbonyl (C=O) groups excluding carboxylic acids is 1. The van der Waals surface area contributed by atoms with Crippen molar-refractivity contribution in [2.45, 2.75) is 20.3 Å². The first kappa shape index (κ1) is 15.0. The van der Waals surface area contributed by atoms with Crippen LogP contribution in [0.4, 0.5) is 5.69 Å². The van der Waals surface area contributed by atoms with Crippen LogP contribution in [-0.2, 0) is 18.3 Å². The van der Waals surface area contributed by atoms with E-state index < -0.39 is 0 Å². The van der Waals surface area contributed by atoms with E-state index in [2.05, 4.69) is 20.7 Å². The second-order valence-corrected chi connectivity index (χ2v) is 5.40. The largest absolute Gasteiger partial charge is 0.361 e. The Morgan fingerprint density at radius 1 is 1.35 bits per heavy atom. The topological polar surface area (TPSA) is 85.8 Å². The van der Waals surface area contributed by atoms with Gasteiger partial charge >= 0.3 is 0 Å². The molecule has 7 nitrogen and oxygen atoms in total. The molecule has 0 radical (unpaired) electrons. The second kappa shape index (κ2) is 6.04. The zero-order chi connectivity index (χ0) is 16.4. The molecule has 0 atom stereocenters. The first-order valence-electron chi connectivity index (χ1n) is 7.20. The summed E-state index contributed by atoms with van der Waals surface area (Å²) in [5.41, 5.74) is 3.36. The smallest absolute Gasteiger partial charge is 0.232 e. The third kappa shape index (κ3) is 3.13. The van der Waals surface area contributed by atoms with Gasteiger partial charge in [-0.3, -0.25) is 4.79 Å². The van der Waals surface area contributed by atoms with Crippen LogP contribution >= 0.6 is 0 Å². The Balaban J connectivity index is 1.81. The van der Waals surface area contributed by atoms with Crippen LogP contribution in [0.25, 0.3) is 11.4 Å². The van der Waals surface area contributed by atoms with Crippen LogP contribution in [0.1, 0.15) is 17.0 Å². The minimum Gasteiger partial charge on any atom is -0.361 e. The van der Waals surface area contributed by atoms with E-state index in [9.17, 15) is 4.79 Å². The van der Waals surface area contributed by atoms with E-state index in [0.717, 1.165) is 28.3 Å². The number of nitrogens with zero attached hydrogens (tertiary/aromatic N) is 4. The van der Waals surface area contributed by atoms with Gasteiger partial charge in [-0.05, 0) is 25.5 Å². The average molecular weight is 311 g/mol. The molecule has 0 aliphatic carbocycles. The summed E-state index contributed by atoms with van der Waals surface area (Å²) in [6.45, 7) is 3.76. The molecular formula is C16H17N5O2. The summed E-state index contributed by atoms with van der Waals surface area (Å²) >= 11 is 0. The van der Waals surface area contributed by atoms with Crippen molar-refractivity contribution in [2.24, 2.45) is 7.05 Å². The predicted molar refractivity (Wildman–Crippen MR) is 84.7 cm³/mol. The van der Waals surface area contributed by atoms with Gasteiger partial charge in [-0.2, -0.15) is 0 Å². The Labute approximate surface area is 133 Å². The maximum atomic E-state index is 12.2. The van der Waals surface area contributed by atoms with Crippen molar-refractivity contribution in [3.05, 3.63) is 47.6 Å². The van der Waals surface area contributed by atoms with Crippen LogP contribution in [0, 0.1) is 13.8 Å². The normalized spacial score (nSPS) is 10.7. The Hall–Kier alpha value is -2.96. The summed E-state index contributed by atoms with van der Waals surface area (Å²) in [6, 6.07) is 7.45. The first-order chi connectivity index (χ1) is 11.0. The molecule has 1 N–H and O–H groups in total. The van der Waals surface area contributed by atoms with Crippen LogP contribution in [0.5, 0.6) is 0 Å². The van der Waals surface area contributed by atoms with Crippen LogP contribution in [0.3, 0.4) is 0 Å². The maximum Gasteiger partial charge on any atom is 0.232 e. The molecular weight excluding hydrogens is 294 g/mol. The zero-order valence-electron chi connectivity index (χ0n) is 13.2. The lowest BCUT2D eigenvalue weighted by molar-refractivity contribution is -0.115. The molecule has 0 spiro atoms. The monoisotopic (exact) mass is 311 g/mol. The molecule has 7 heteroatoms. The fourth-order valence-corrected chi connectivity index (χ4v) is 2.39. The molecule has 3 rings (SSSR count). The number of rotatable bonds is 4. The first-order valence-corrected chi connectivity index (χ1v) is 7.20. The average Bonchev–Trinajstić information content (AvgIpc) is 3.10. The number of benzene rings is 1. The van der Waals surface area contributed by atoms with E-state index in [1.807, 2.05) is 43.7 Å². The summed E-state index contributed by atoms with van der Waals surface area (Å²) in [7, 11) is 1.88. The molecule has 1 amide bonds. The minimum absolute atomic E-state index is 0.147. The summed E-state index contributed by atoms with van der Waals surface area (Å²) in [5, 5.41) is 14.7. The number of hydrogen-bond donors (Lipinski definition) is 1. The van der Waals surface area contributed by atoms with Crippen LogP contribution in [-0.4, -0.2) is 25.8 Å². The Kier molecular flexibility index (Phi) is 3.92. The van der Waals surface area contributed by atoms with Crippen molar-refractivity contribution in [2.75, 3.05) is 5.32 Å². The lowest BCUT2D eigenvalue weighted by Crippen LogP contribution is -2.15. The van der Waals surface area contributed by atoms with Gasteiger partial charge in [0.1, 0.15) is 12.1 Å². The molecule has 2 heterocycles. The standard InChI is InChI=1S/C16H17N5O2/c1-10-7-12(23-20-10)8-15(22)18-14-6-4-5-13(11(14)2)16-19-17-9-21(16)3/h4-7,9H,8H2,1-3H3,(H,18,22). The van der Waals surface area contributed by atoms with Crippen molar-refractivity contribution in [3.8, 4) is 11.4 Å². The number of nitrogens with one attached hydrogen (secondary N) is 1. The van der Waals surface area contributed by atoms with Gasteiger partial charge in [0.2, 0.25) is 5.91 Å². The molecule has 0 aliphatic rings. The summed E-state index contributed by atoms with van der Waals surface area (Å²) in [4.78, 5) is 12.2. The molecule has 0 saturated heterocycles. The van der Waals surface area contributed by atoms with Crippen LogP contribution in [0.15, 0.2) is 35.1 Å². The van der Waals surface area contributed by atoms with Gasteiger partial charge in [-0.15, -0.1) is 10.2 Å². The zero-order valence-corrected chi connectivity index (χ0v) is 13.2. The Morgan fingerprint density at radius 2 is 2.17 bits per heavy atom. The van der Waals surface area contributed by atoms with Gasteiger partial charge < -0.3 is 14.4 Å². The van der Waals surface area contributed by atoms with Gasteiger partial charge in [0.05, 0.1) is 12.1 Å². The number of anilines is 1. The fourth-order valence-electron chi connectivity index (χ4n) is 2.39. The molecule has 0 aliphatic heterocycles. The highest BCUT2D eigenvalue weighted by molar-refractivity contribution is 5.93. The molecule has 0 saturated carbocycles. The number of aryl methyl sites for hydroxylation is 2. The second-order valence-electron chi connectivity index (χ2n) is 5.40. The highest BCUT2D eigenvalue weighted by Gasteiger charge is 2.13. The number of hydrogen-bond acceptors (Lipinski definition) is 5. The Bertz CT molecular complexity index is 850. The van der Waals surface area contributed by atoms with Crippen molar-refractivity contribution in [1.82, 2.24) is 19.9 Å². The van der Waals surface area contributed by atoms with Gasteiger partial charge in [0.15, 0.2) is 5.82 Å². The SMILES string of the molecule is Cc1cc(CC(=O)Nc2cccc(-c3nncn3C)c2C)on1. The highest BCUT2D eigenvalue weighted by Crippen LogP contribution is 2.26. The van der Waals surface area contributed by atoms with E-state index >= 15 is 0 Å². The number of amides is 1. The van der Waals surface area contributed by atoms with Gasteiger partial charge in [0, 0.05) is 24.4 Å². The molecule has 0 bridgehead atoms. The third-order valence-corrected chi connectivity index (χ3v) is 3.57. The summed E-state index contributed by atoms with van der Waals surface area (Å²) in [5.74, 6) is 1.14. The fraction of sp³-hybridized carbons (Fsp3) is 0.250. The third-order valence-electron chi connectivity index (χ3n) is 3.57. The Morgan fingerprint density at radius 3 is 2.83 bits per heavy atom. The molecule has 23 heavy (non-hydrogen) atoms. The maximum absolute atomic E-state index is 12.2. The number of carbonyl (C=O) groups is 1. The van der Waals surface area contributed by atoms with Crippen molar-refractivity contribution in [1.29, 1.82) is 0 Å². The molecule has 3 aromatic rings. The minimum atomic E-state index is -0.153. The lowest BCUT2D eigenvalue weighted by atomic mass is 10.1. The molecule has 0 fully saturated rings. The van der Waals surface area contributed by atoms with E-state index in [1.165, 1.54) is 0 Å². The molecule has 2 aromatic heterocycles. The molecule has 118 valence electrons. The van der Waals surface area contributed by atoms with E-state index in [4.69, 9.17) is 4.52 Å². The van der Waals surface area contributed by atoms with Gasteiger partial charge in [-0.25, -0.2) is 0 Å². The molecule has 0 unspecified atom stereocenters. The van der Waals surface area contributed by atoms with Gasteiger partial charge in [-0.1, -0.05) is 17.3 Å². The predicted octanol–water partition coefficient (Wildman–Crippen LogP) is 2.27. The van der Waals surface area contributed by atoms with E-state index in [-0.39, 0.29) is 12.3 Å². The van der Waals surface area contributed by atoms with Crippen molar-refractivity contribution >= 4 is 11.6 Å². The van der Waals surface area contributed by atoms with Crippen LogP contribution < -0.4 is 5.32 Å². The number of aromatic nitrogens is 4. The highest BCUT2D eigenvalue weighted by atomic mass is 16.5. The summed E-state index contributed by atoms with van der Waals surface area (Å²) < 4.78 is 6.91. The van der Waals surface area contributed by atoms with Crippen LogP contribution in [0.2, 0.25) is 0 Å². The van der Waals surface area contributed by atoms with E-state index in [0.29, 0.717) is 5.76 Å². The van der Waals surface area contributed by atoms with Crippen molar-refractivity contribution in [3.63, 3.8) is 0 Å².